The van der Waals surface area contributed by atoms with E-state index in [2.05, 4.69) is 54.3 Å². The van der Waals surface area contributed by atoms with Crippen LogP contribution in [0.3, 0.4) is 0 Å². The Morgan fingerprint density at radius 3 is 2.08 bits per heavy atom. The molecule has 0 unspecified atom stereocenters. The van der Waals surface area contributed by atoms with Gasteiger partial charge in [-0.05, 0) is 36.9 Å². The molecular formula is C20H42O4Si. The minimum absolute atomic E-state index is 0.101. The molecule has 150 valence electrons. The molecule has 0 N–H and O–H groups in total. The van der Waals surface area contributed by atoms with Gasteiger partial charge in [-0.25, -0.2) is 0 Å². The Balaban J connectivity index is 4.79. The zero-order chi connectivity index (χ0) is 19.7. The Bertz CT molecular complexity index is 365. The van der Waals surface area contributed by atoms with Gasteiger partial charge in [-0.3, -0.25) is 0 Å². The SMILES string of the molecule is C=C[C@H](CC[C@@H](C)[C@@H](OCOC)[C@H](C)CO[Si](C)(C)C(C)(C)C)OC. The Morgan fingerprint density at radius 2 is 1.64 bits per heavy atom. The molecular weight excluding hydrogens is 332 g/mol. The Morgan fingerprint density at radius 1 is 1.04 bits per heavy atom. The molecule has 0 heterocycles. The molecule has 0 bridgehead atoms. The molecule has 0 aromatic carbocycles. The van der Waals surface area contributed by atoms with Crippen molar-refractivity contribution in [3.63, 3.8) is 0 Å². The molecule has 0 aliphatic carbocycles. The van der Waals surface area contributed by atoms with Crippen molar-refractivity contribution in [2.45, 2.75) is 77.8 Å². The molecule has 0 aliphatic rings. The van der Waals surface area contributed by atoms with Crippen molar-refractivity contribution in [1.82, 2.24) is 0 Å². The number of methoxy groups -OCH3 is 2. The molecule has 0 spiro atoms. The van der Waals surface area contributed by atoms with Crippen LogP contribution in [0.5, 0.6) is 0 Å². The number of ether oxygens (including phenoxy) is 3. The van der Waals surface area contributed by atoms with Crippen LogP contribution in [0.2, 0.25) is 18.1 Å². The largest absolute Gasteiger partial charge is 0.416 e. The van der Waals surface area contributed by atoms with E-state index >= 15 is 0 Å². The third-order valence-corrected chi connectivity index (χ3v) is 9.99. The van der Waals surface area contributed by atoms with Gasteiger partial charge in [0.2, 0.25) is 0 Å². The number of rotatable bonds is 13. The van der Waals surface area contributed by atoms with E-state index in [1.54, 1.807) is 14.2 Å². The molecule has 0 fully saturated rings. The third-order valence-electron chi connectivity index (χ3n) is 5.49. The first-order valence-electron chi connectivity index (χ1n) is 9.40. The number of hydrogen-bond donors (Lipinski definition) is 0. The standard InChI is InChI=1S/C20H42O4Si/c1-11-18(22-8)13-12-16(2)19(23-15-21-7)17(3)14-24-25(9,10)20(4,5)6/h11,16-19H,1,12-15H2,2-10H3/t16-,17-,18-,19-/m1/s1. The zero-order valence-corrected chi connectivity index (χ0v) is 19.1. The zero-order valence-electron chi connectivity index (χ0n) is 18.1. The van der Waals surface area contributed by atoms with E-state index in [0.29, 0.717) is 18.6 Å². The lowest BCUT2D eigenvalue weighted by Crippen LogP contribution is -2.43. The minimum Gasteiger partial charge on any atom is -0.416 e. The average molecular weight is 375 g/mol. The van der Waals surface area contributed by atoms with Gasteiger partial charge in [-0.1, -0.05) is 40.7 Å². The van der Waals surface area contributed by atoms with E-state index in [-0.39, 0.29) is 17.2 Å². The summed E-state index contributed by atoms with van der Waals surface area (Å²) in [4.78, 5) is 0. The van der Waals surface area contributed by atoms with E-state index in [1.807, 2.05) is 6.08 Å². The van der Waals surface area contributed by atoms with Crippen molar-refractivity contribution < 1.29 is 18.6 Å². The molecule has 0 aromatic rings. The van der Waals surface area contributed by atoms with Gasteiger partial charge in [-0.2, -0.15) is 0 Å². The summed E-state index contributed by atoms with van der Waals surface area (Å²) in [7, 11) is 1.64. The summed E-state index contributed by atoms with van der Waals surface area (Å²) in [6.45, 7) is 20.7. The van der Waals surface area contributed by atoms with E-state index in [4.69, 9.17) is 18.6 Å². The molecule has 4 nitrogen and oxygen atoms in total. The van der Waals surface area contributed by atoms with Crippen LogP contribution in [0.1, 0.15) is 47.5 Å². The average Bonchev–Trinajstić information content (AvgIpc) is 2.53. The highest BCUT2D eigenvalue weighted by Gasteiger charge is 2.38. The van der Waals surface area contributed by atoms with E-state index < -0.39 is 8.32 Å². The Labute approximate surface area is 157 Å². The first-order chi connectivity index (χ1) is 11.5. The van der Waals surface area contributed by atoms with Gasteiger partial charge < -0.3 is 18.6 Å². The summed E-state index contributed by atoms with van der Waals surface area (Å²) in [5.74, 6) is 0.703. The third kappa shape index (κ3) is 8.82. The lowest BCUT2D eigenvalue weighted by Gasteiger charge is -2.38. The van der Waals surface area contributed by atoms with Crippen LogP contribution in [0, 0.1) is 11.8 Å². The van der Waals surface area contributed by atoms with Gasteiger partial charge in [0.1, 0.15) is 6.79 Å². The second-order valence-corrected chi connectivity index (χ2v) is 13.5. The highest BCUT2D eigenvalue weighted by atomic mass is 28.4. The van der Waals surface area contributed by atoms with Gasteiger partial charge in [0.05, 0.1) is 12.2 Å². The maximum Gasteiger partial charge on any atom is 0.191 e. The summed E-state index contributed by atoms with van der Waals surface area (Å²) >= 11 is 0. The van der Waals surface area contributed by atoms with E-state index in [1.165, 1.54) is 0 Å². The van der Waals surface area contributed by atoms with Crippen molar-refractivity contribution in [2.75, 3.05) is 27.6 Å². The molecule has 0 saturated heterocycles. The lowest BCUT2D eigenvalue weighted by atomic mass is 9.89. The fourth-order valence-electron chi connectivity index (χ4n) is 2.61. The van der Waals surface area contributed by atoms with Crippen LogP contribution in [0.4, 0.5) is 0 Å². The van der Waals surface area contributed by atoms with Crippen LogP contribution in [-0.2, 0) is 18.6 Å². The van der Waals surface area contributed by atoms with E-state index in [9.17, 15) is 0 Å². The molecule has 0 radical (unpaired) electrons. The Hall–Kier alpha value is -0.203. The van der Waals surface area contributed by atoms with Crippen molar-refractivity contribution in [1.29, 1.82) is 0 Å². The maximum atomic E-state index is 6.41. The molecule has 25 heavy (non-hydrogen) atoms. The van der Waals surface area contributed by atoms with Crippen LogP contribution in [0.25, 0.3) is 0 Å². The molecule has 4 atom stereocenters. The summed E-state index contributed by atoms with van der Waals surface area (Å²) in [5, 5.41) is 0.219. The summed E-state index contributed by atoms with van der Waals surface area (Å²) in [5.41, 5.74) is 0. The predicted molar refractivity (Wildman–Crippen MR) is 108 cm³/mol. The topological polar surface area (TPSA) is 36.9 Å². The number of hydrogen-bond acceptors (Lipinski definition) is 4. The molecule has 0 rings (SSSR count). The maximum absolute atomic E-state index is 6.41. The van der Waals surface area contributed by atoms with Crippen LogP contribution in [0.15, 0.2) is 12.7 Å². The van der Waals surface area contributed by atoms with Gasteiger partial charge in [0.25, 0.3) is 0 Å². The second kappa shape index (κ2) is 11.5. The van der Waals surface area contributed by atoms with Crippen molar-refractivity contribution in [3.8, 4) is 0 Å². The van der Waals surface area contributed by atoms with Gasteiger partial charge in [0, 0.05) is 26.7 Å². The highest BCUT2D eigenvalue weighted by molar-refractivity contribution is 6.74. The second-order valence-electron chi connectivity index (χ2n) is 8.65. The first kappa shape index (κ1) is 24.8. The molecule has 0 amide bonds. The normalized spacial score (nSPS) is 17.8. The molecule has 0 aliphatic heterocycles. The quantitative estimate of drug-likeness (QED) is 0.251. The lowest BCUT2D eigenvalue weighted by molar-refractivity contribution is -0.114. The molecule has 0 aromatic heterocycles. The summed E-state index contributed by atoms with van der Waals surface area (Å²) < 4.78 is 23.0. The van der Waals surface area contributed by atoms with Gasteiger partial charge in [0.15, 0.2) is 8.32 Å². The fourth-order valence-corrected chi connectivity index (χ4v) is 3.72. The van der Waals surface area contributed by atoms with Crippen molar-refractivity contribution >= 4 is 8.32 Å². The smallest absolute Gasteiger partial charge is 0.191 e. The van der Waals surface area contributed by atoms with Gasteiger partial charge in [-0.15, -0.1) is 6.58 Å². The Kier molecular flexibility index (Phi) is 11.4. The predicted octanol–water partition coefficient (Wildman–Crippen LogP) is 5.25. The first-order valence-corrected chi connectivity index (χ1v) is 12.3. The van der Waals surface area contributed by atoms with Crippen molar-refractivity contribution in [2.24, 2.45) is 11.8 Å². The highest BCUT2D eigenvalue weighted by Crippen LogP contribution is 2.37. The van der Waals surface area contributed by atoms with Crippen LogP contribution < -0.4 is 0 Å². The monoisotopic (exact) mass is 374 g/mol. The van der Waals surface area contributed by atoms with Crippen LogP contribution >= 0.6 is 0 Å². The minimum atomic E-state index is -1.75. The summed E-state index contributed by atoms with van der Waals surface area (Å²) in [6.07, 6.45) is 4.03. The van der Waals surface area contributed by atoms with Gasteiger partial charge >= 0.3 is 0 Å². The van der Waals surface area contributed by atoms with E-state index in [0.717, 1.165) is 19.4 Å². The van der Waals surface area contributed by atoms with Crippen LogP contribution in [-0.4, -0.2) is 48.1 Å². The van der Waals surface area contributed by atoms with Crippen molar-refractivity contribution in [3.05, 3.63) is 12.7 Å². The summed E-state index contributed by atoms with van der Waals surface area (Å²) in [6, 6.07) is 0. The molecule has 0 saturated carbocycles. The molecule has 5 heteroatoms. The fraction of sp³-hybridized carbons (Fsp3) is 0.900.